The molecule has 2 aliphatic heterocycles. The van der Waals surface area contributed by atoms with Crippen LogP contribution in [-0.4, -0.2) is 30.0 Å². The van der Waals surface area contributed by atoms with E-state index in [1.165, 1.54) is 19.2 Å². The van der Waals surface area contributed by atoms with Crippen molar-refractivity contribution >= 4 is 40.5 Å². The van der Waals surface area contributed by atoms with Crippen molar-refractivity contribution in [1.29, 1.82) is 5.26 Å². The van der Waals surface area contributed by atoms with E-state index in [1.54, 1.807) is 23.1 Å². The minimum atomic E-state index is -4.75. The van der Waals surface area contributed by atoms with Crippen LogP contribution in [0.4, 0.5) is 24.5 Å². The van der Waals surface area contributed by atoms with Crippen LogP contribution in [-0.2, 0) is 17.4 Å². The molecule has 0 saturated carbocycles. The van der Waals surface area contributed by atoms with Gasteiger partial charge in [-0.05, 0) is 48.1 Å². The summed E-state index contributed by atoms with van der Waals surface area (Å²) in [6.07, 6.45) is -4.43. The van der Waals surface area contributed by atoms with Gasteiger partial charge in [-0.3, -0.25) is 14.5 Å². The number of fused-ring (bicyclic) bond motifs is 3. The van der Waals surface area contributed by atoms with E-state index < -0.39 is 29.3 Å². The van der Waals surface area contributed by atoms with Crippen LogP contribution in [0.1, 0.15) is 27.0 Å². The van der Waals surface area contributed by atoms with Crippen LogP contribution in [0.2, 0.25) is 0 Å². The van der Waals surface area contributed by atoms with E-state index in [2.05, 4.69) is 5.32 Å². The van der Waals surface area contributed by atoms with Gasteiger partial charge in [0, 0.05) is 24.7 Å². The van der Waals surface area contributed by atoms with Crippen molar-refractivity contribution in [2.24, 2.45) is 0 Å². The second kappa shape index (κ2) is 6.81. The number of carbonyl (C=O) groups is 2. The molecule has 0 spiro atoms. The second-order valence-electron chi connectivity index (χ2n) is 6.81. The molecule has 4 rings (SSSR count). The van der Waals surface area contributed by atoms with Gasteiger partial charge in [0.25, 0.3) is 11.8 Å². The molecule has 6 nitrogen and oxygen atoms in total. The SMILES string of the molecule is CNC(=O)c1ccc2c(c1)N1C(=S)N(c3ccc(C#N)c(C(F)(F)F)c3)C(=O)C1C2. The summed E-state index contributed by atoms with van der Waals surface area (Å²) in [4.78, 5) is 27.6. The number of hydrogen-bond acceptors (Lipinski definition) is 4. The first-order valence-electron chi connectivity index (χ1n) is 8.81. The van der Waals surface area contributed by atoms with Crippen molar-refractivity contribution in [2.45, 2.75) is 18.6 Å². The minimum Gasteiger partial charge on any atom is -0.355 e. The quantitative estimate of drug-likeness (QED) is 0.742. The maximum Gasteiger partial charge on any atom is 0.417 e. The smallest absolute Gasteiger partial charge is 0.355 e. The van der Waals surface area contributed by atoms with E-state index in [0.717, 1.165) is 22.6 Å². The normalized spacial score (nSPS) is 17.6. The molecule has 0 aliphatic carbocycles. The van der Waals surface area contributed by atoms with Gasteiger partial charge in [0.05, 0.1) is 22.9 Å². The standard InChI is InChI=1S/C20H13F3N4O2S/c1-25-17(28)11-3-2-10-6-16-18(29)26(19(30)27(16)15(10)7-11)13-5-4-12(9-24)14(8-13)20(21,22)23/h2-5,7-8,16H,6H2,1H3,(H,25,28). The zero-order valence-electron chi connectivity index (χ0n) is 15.4. The van der Waals surface area contributed by atoms with Gasteiger partial charge >= 0.3 is 6.18 Å². The number of alkyl halides is 3. The Hall–Kier alpha value is -3.45. The van der Waals surface area contributed by atoms with Crippen molar-refractivity contribution in [1.82, 2.24) is 5.32 Å². The zero-order valence-corrected chi connectivity index (χ0v) is 16.3. The lowest BCUT2D eigenvalue weighted by atomic mass is 10.1. The number of halogens is 3. The van der Waals surface area contributed by atoms with E-state index in [4.69, 9.17) is 17.5 Å². The number of benzene rings is 2. The Kier molecular flexibility index (Phi) is 4.51. The molecule has 10 heteroatoms. The van der Waals surface area contributed by atoms with E-state index in [0.29, 0.717) is 17.7 Å². The lowest BCUT2D eigenvalue weighted by molar-refractivity contribution is -0.137. The molecule has 30 heavy (non-hydrogen) atoms. The molecule has 1 atom stereocenters. The molecule has 2 amide bonds. The third kappa shape index (κ3) is 2.90. The summed E-state index contributed by atoms with van der Waals surface area (Å²) in [5.41, 5.74) is 0.0425. The number of anilines is 2. The highest BCUT2D eigenvalue weighted by atomic mass is 32.1. The number of nitriles is 1. The predicted octanol–water partition coefficient (Wildman–Crippen LogP) is 3.00. The molecular formula is C20H13F3N4O2S. The minimum absolute atomic E-state index is 0.0237. The molecule has 152 valence electrons. The van der Waals surface area contributed by atoms with Gasteiger partial charge < -0.3 is 10.2 Å². The number of nitrogens with one attached hydrogen (secondary N) is 1. The van der Waals surface area contributed by atoms with Crippen molar-refractivity contribution in [3.05, 3.63) is 58.7 Å². The Labute approximate surface area is 174 Å². The summed E-state index contributed by atoms with van der Waals surface area (Å²) < 4.78 is 40.0. The number of hydrogen-bond donors (Lipinski definition) is 1. The van der Waals surface area contributed by atoms with Gasteiger partial charge in [-0.15, -0.1) is 0 Å². The lowest BCUT2D eigenvalue weighted by Gasteiger charge is -2.21. The molecule has 1 unspecified atom stereocenters. The summed E-state index contributed by atoms with van der Waals surface area (Å²) in [6, 6.07) is 8.85. The zero-order chi connectivity index (χ0) is 21.8. The van der Waals surface area contributed by atoms with E-state index in [9.17, 15) is 22.8 Å². The van der Waals surface area contributed by atoms with Crippen LogP contribution < -0.4 is 15.1 Å². The third-order valence-corrected chi connectivity index (χ3v) is 5.53. The summed E-state index contributed by atoms with van der Waals surface area (Å²) in [5, 5.41) is 11.5. The van der Waals surface area contributed by atoms with Crippen LogP contribution in [0.25, 0.3) is 0 Å². The summed E-state index contributed by atoms with van der Waals surface area (Å²) in [6.45, 7) is 0. The Bertz CT molecular complexity index is 1160. The Morgan fingerprint density at radius 1 is 1.27 bits per heavy atom. The average Bonchev–Trinajstić information content (AvgIpc) is 3.21. The predicted molar refractivity (Wildman–Crippen MR) is 106 cm³/mol. The fraction of sp³-hybridized carbons (Fsp3) is 0.200. The maximum atomic E-state index is 13.3. The number of carbonyl (C=O) groups excluding carboxylic acids is 2. The molecule has 1 N–H and O–H groups in total. The highest BCUT2D eigenvalue weighted by molar-refractivity contribution is 7.81. The van der Waals surface area contributed by atoms with Crippen molar-refractivity contribution in [3.8, 4) is 6.07 Å². The van der Waals surface area contributed by atoms with Crippen LogP contribution >= 0.6 is 12.2 Å². The van der Waals surface area contributed by atoms with Crippen LogP contribution in [0.5, 0.6) is 0 Å². The van der Waals surface area contributed by atoms with E-state index in [-0.39, 0.29) is 16.7 Å². The molecule has 1 saturated heterocycles. The molecular weight excluding hydrogens is 417 g/mol. The summed E-state index contributed by atoms with van der Waals surface area (Å²) in [5.74, 6) is -0.771. The molecule has 2 heterocycles. The number of rotatable bonds is 2. The van der Waals surface area contributed by atoms with Gasteiger partial charge in [0.2, 0.25) is 0 Å². The largest absolute Gasteiger partial charge is 0.417 e. The second-order valence-corrected chi connectivity index (χ2v) is 7.17. The van der Waals surface area contributed by atoms with Crippen LogP contribution in [0.3, 0.4) is 0 Å². The molecule has 0 radical (unpaired) electrons. The fourth-order valence-corrected chi connectivity index (χ4v) is 4.16. The van der Waals surface area contributed by atoms with Crippen molar-refractivity contribution in [2.75, 3.05) is 16.8 Å². The Morgan fingerprint density at radius 2 is 2.00 bits per heavy atom. The topological polar surface area (TPSA) is 76.4 Å². The van der Waals surface area contributed by atoms with Gasteiger partial charge in [-0.1, -0.05) is 6.07 Å². The van der Waals surface area contributed by atoms with Crippen molar-refractivity contribution < 1.29 is 22.8 Å². The van der Waals surface area contributed by atoms with Crippen molar-refractivity contribution in [3.63, 3.8) is 0 Å². The molecule has 2 aromatic rings. The molecule has 1 fully saturated rings. The first-order chi connectivity index (χ1) is 14.2. The first kappa shape index (κ1) is 19.8. The molecule has 2 aromatic carbocycles. The highest BCUT2D eigenvalue weighted by Crippen LogP contribution is 2.41. The van der Waals surface area contributed by atoms with Gasteiger partial charge in [0.15, 0.2) is 5.11 Å². The first-order valence-corrected chi connectivity index (χ1v) is 9.21. The maximum absolute atomic E-state index is 13.3. The highest BCUT2D eigenvalue weighted by Gasteiger charge is 2.49. The Balaban J connectivity index is 1.76. The van der Waals surface area contributed by atoms with E-state index >= 15 is 0 Å². The van der Waals surface area contributed by atoms with Gasteiger partial charge in [-0.2, -0.15) is 18.4 Å². The molecule has 0 bridgehead atoms. The number of thiocarbonyl (C=S) groups is 1. The van der Waals surface area contributed by atoms with Crippen LogP contribution in [0.15, 0.2) is 36.4 Å². The van der Waals surface area contributed by atoms with Crippen LogP contribution in [0, 0.1) is 11.3 Å². The summed E-state index contributed by atoms with van der Waals surface area (Å²) in [7, 11) is 1.49. The molecule has 2 aliphatic rings. The lowest BCUT2D eigenvalue weighted by Crippen LogP contribution is -2.33. The number of nitrogens with zero attached hydrogens (tertiary/aromatic N) is 3. The molecule has 0 aromatic heterocycles. The monoisotopic (exact) mass is 430 g/mol. The fourth-order valence-electron chi connectivity index (χ4n) is 3.74. The third-order valence-electron chi connectivity index (χ3n) is 5.15. The van der Waals surface area contributed by atoms with Gasteiger partial charge in [0.1, 0.15) is 6.04 Å². The average molecular weight is 430 g/mol. The van der Waals surface area contributed by atoms with Gasteiger partial charge in [-0.25, -0.2) is 0 Å². The number of amides is 2. The summed E-state index contributed by atoms with van der Waals surface area (Å²) >= 11 is 5.43. The Morgan fingerprint density at radius 3 is 2.63 bits per heavy atom. The van der Waals surface area contributed by atoms with E-state index in [1.807, 2.05) is 0 Å².